The van der Waals surface area contributed by atoms with Gasteiger partial charge in [0, 0.05) is 11.1 Å². The van der Waals surface area contributed by atoms with Gasteiger partial charge >= 0.3 is 10.1 Å². The molecule has 0 fully saturated rings. The van der Waals surface area contributed by atoms with Gasteiger partial charge < -0.3 is 19.1 Å². The fourth-order valence-corrected chi connectivity index (χ4v) is 4.10. The highest BCUT2D eigenvalue weighted by atomic mass is 32.2. The van der Waals surface area contributed by atoms with Crippen molar-refractivity contribution in [3.63, 3.8) is 0 Å². The van der Waals surface area contributed by atoms with Crippen molar-refractivity contribution in [2.75, 3.05) is 13.7 Å². The monoisotopic (exact) mass is 434 g/mol. The molecule has 2 aromatic carbocycles. The number of methoxy groups -OCH3 is 1. The molecule has 2 N–H and O–H groups in total. The standard InChI is InChI=1S/C23H30O6S/c1-15-9-11-19(12-10-15)30(26,27)29-21-13-20(22(25)23(28-5)18(21)4)17(3)8-6-7-16(2)14-24/h7,9-13,17,24-25H,6,8,14H2,1-5H3/b16-7+. The van der Waals surface area contributed by atoms with E-state index in [-0.39, 0.29) is 34.7 Å². The largest absolute Gasteiger partial charge is 0.504 e. The van der Waals surface area contributed by atoms with E-state index in [0.29, 0.717) is 24.0 Å². The fraction of sp³-hybridized carbons (Fsp3) is 0.391. The summed E-state index contributed by atoms with van der Waals surface area (Å²) in [4.78, 5) is 0.0544. The number of aliphatic hydroxyl groups is 1. The first-order chi connectivity index (χ1) is 14.1. The molecule has 2 aromatic rings. The molecule has 0 heterocycles. The normalized spacial score (nSPS) is 13.2. The summed E-state index contributed by atoms with van der Waals surface area (Å²) in [6.45, 7) is 7.30. The predicted molar refractivity (Wildman–Crippen MR) is 117 cm³/mol. The summed E-state index contributed by atoms with van der Waals surface area (Å²) in [6, 6.07) is 7.96. The Bertz CT molecular complexity index is 1010. The first-order valence-corrected chi connectivity index (χ1v) is 11.2. The molecule has 0 aliphatic carbocycles. The second-order valence-electron chi connectivity index (χ2n) is 7.51. The van der Waals surface area contributed by atoms with Crippen molar-refractivity contribution in [2.45, 2.75) is 51.3 Å². The zero-order chi connectivity index (χ0) is 22.5. The predicted octanol–water partition coefficient (Wildman–Crippen LogP) is 4.61. The summed E-state index contributed by atoms with van der Waals surface area (Å²) >= 11 is 0. The van der Waals surface area contributed by atoms with Crippen LogP contribution in [0.3, 0.4) is 0 Å². The minimum Gasteiger partial charge on any atom is -0.504 e. The number of hydrogen-bond acceptors (Lipinski definition) is 6. The third kappa shape index (κ3) is 5.55. The van der Waals surface area contributed by atoms with Gasteiger partial charge in [-0.25, -0.2) is 0 Å². The van der Waals surface area contributed by atoms with E-state index < -0.39 is 10.1 Å². The van der Waals surface area contributed by atoms with Gasteiger partial charge in [-0.2, -0.15) is 8.42 Å². The lowest BCUT2D eigenvalue weighted by Gasteiger charge is -2.20. The van der Waals surface area contributed by atoms with Crippen LogP contribution in [0.25, 0.3) is 0 Å². The van der Waals surface area contributed by atoms with Gasteiger partial charge in [0.25, 0.3) is 0 Å². The molecule has 0 spiro atoms. The summed E-state index contributed by atoms with van der Waals surface area (Å²) in [5, 5.41) is 19.8. The van der Waals surface area contributed by atoms with Crippen molar-refractivity contribution < 1.29 is 27.6 Å². The summed E-state index contributed by atoms with van der Waals surface area (Å²) < 4.78 is 36.3. The van der Waals surface area contributed by atoms with Crippen molar-refractivity contribution in [2.24, 2.45) is 0 Å². The van der Waals surface area contributed by atoms with Crippen LogP contribution in [0.1, 0.15) is 49.3 Å². The number of aromatic hydroxyl groups is 1. The maximum absolute atomic E-state index is 12.8. The summed E-state index contributed by atoms with van der Waals surface area (Å²) in [5.41, 5.74) is 2.76. The van der Waals surface area contributed by atoms with Gasteiger partial charge in [0.2, 0.25) is 0 Å². The van der Waals surface area contributed by atoms with Gasteiger partial charge in [-0.3, -0.25) is 0 Å². The molecule has 30 heavy (non-hydrogen) atoms. The maximum atomic E-state index is 12.8. The Morgan fingerprint density at radius 3 is 2.40 bits per heavy atom. The highest BCUT2D eigenvalue weighted by molar-refractivity contribution is 7.87. The lowest BCUT2D eigenvalue weighted by Crippen LogP contribution is -2.11. The number of phenolic OH excluding ortho intramolecular Hbond substituents is 1. The molecule has 0 bridgehead atoms. The molecule has 1 unspecified atom stereocenters. The minimum atomic E-state index is -4.04. The van der Waals surface area contributed by atoms with Gasteiger partial charge in [0.1, 0.15) is 10.6 Å². The van der Waals surface area contributed by atoms with Crippen LogP contribution in [0.4, 0.5) is 0 Å². The molecule has 7 heteroatoms. The Morgan fingerprint density at radius 2 is 1.83 bits per heavy atom. The van der Waals surface area contributed by atoms with Gasteiger partial charge in [-0.1, -0.05) is 36.3 Å². The van der Waals surface area contributed by atoms with Gasteiger partial charge in [0.05, 0.1) is 13.7 Å². The van der Waals surface area contributed by atoms with E-state index in [2.05, 4.69) is 0 Å². The molecule has 0 saturated heterocycles. The summed E-state index contributed by atoms with van der Waals surface area (Å²) in [5.74, 6) is 0.196. The number of aryl methyl sites for hydroxylation is 1. The molecule has 164 valence electrons. The molecule has 0 radical (unpaired) electrons. The van der Waals surface area contributed by atoms with Crippen LogP contribution in [-0.4, -0.2) is 32.3 Å². The van der Waals surface area contributed by atoms with Crippen LogP contribution >= 0.6 is 0 Å². The summed E-state index contributed by atoms with van der Waals surface area (Å²) in [7, 11) is -2.62. The first-order valence-electron chi connectivity index (χ1n) is 9.78. The molecule has 0 aliphatic rings. The van der Waals surface area contributed by atoms with Gasteiger partial charge in [-0.15, -0.1) is 0 Å². The van der Waals surface area contributed by atoms with Crippen molar-refractivity contribution in [1.29, 1.82) is 0 Å². The van der Waals surface area contributed by atoms with Crippen LogP contribution in [-0.2, 0) is 10.1 Å². The molecular formula is C23H30O6S. The molecule has 0 saturated carbocycles. The number of phenols is 1. The Balaban J connectivity index is 2.40. The average Bonchev–Trinajstić information content (AvgIpc) is 2.70. The molecule has 0 aliphatic heterocycles. The van der Waals surface area contributed by atoms with Crippen LogP contribution in [0, 0.1) is 13.8 Å². The number of ether oxygens (including phenoxy) is 1. The highest BCUT2D eigenvalue weighted by Gasteiger charge is 2.24. The summed E-state index contributed by atoms with van der Waals surface area (Å²) in [6.07, 6.45) is 3.35. The Labute approximate surface area is 178 Å². The van der Waals surface area contributed by atoms with Crippen molar-refractivity contribution >= 4 is 10.1 Å². The van der Waals surface area contributed by atoms with Crippen molar-refractivity contribution in [1.82, 2.24) is 0 Å². The van der Waals surface area contributed by atoms with E-state index in [1.165, 1.54) is 19.2 Å². The second-order valence-corrected chi connectivity index (χ2v) is 9.05. The minimum absolute atomic E-state index is 0.00679. The zero-order valence-electron chi connectivity index (χ0n) is 18.1. The molecule has 2 rings (SSSR count). The highest BCUT2D eigenvalue weighted by Crippen LogP contribution is 2.44. The number of aliphatic hydroxyl groups excluding tert-OH is 1. The molecule has 0 aromatic heterocycles. The third-order valence-electron chi connectivity index (χ3n) is 5.07. The first kappa shape index (κ1) is 23.8. The topological polar surface area (TPSA) is 93.1 Å². The SMILES string of the molecule is COc1c(C)c(OS(=O)(=O)c2ccc(C)cc2)cc(C(C)CC/C=C(\C)CO)c1O. The maximum Gasteiger partial charge on any atom is 0.339 e. The number of rotatable bonds is 9. The quantitative estimate of drug-likeness (QED) is 0.442. The third-order valence-corrected chi connectivity index (χ3v) is 6.32. The van der Waals surface area contributed by atoms with Crippen molar-refractivity contribution in [3.8, 4) is 17.2 Å². The van der Waals surface area contributed by atoms with E-state index in [0.717, 1.165) is 11.1 Å². The van der Waals surface area contributed by atoms with Crippen LogP contribution in [0.5, 0.6) is 17.2 Å². The van der Waals surface area contributed by atoms with Crippen LogP contribution < -0.4 is 8.92 Å². The lowest BCUT2D eigenvalue weighted by molar-refractivity contribution is 0.330. The van der Waals surface area contributed by atoms with E-state index in [4.69, 9.17) is 14.0 Å². The zero-order valence-corrected chi connectivity index (χ0v) is 18.9. The number of benzene rings is 2. The van der Waals surface area contributed by atoms with Crippen molar-refractivity contribution in [3.05, 3.63) is 58.7 Å². The Hall–Kier alpha value is -2.51. The van der Waals surface area contributed by atoms with Gasteiger partial charge in [0.15, 0.2) is 11.5 Å². The Morgan fingerprint density at radius 1 is 1.20 bits per heavy atom. The molecule has 6 nitrogen and oxygen atoms in total. The Kier molecular flexibility index (Phi) is 7.92. The molecule has 0 amide bonds. The second kappa shape index (κ2) is 10.00. The van der Waals surface area contributed by atoms with Crippen LogP contribution in [0.15, 0.2) is 46.9 Å². The smallest absolute Gasteiger partial charge is 0.339 e. The fourth-order valence-electron chi connectivity index (χ4n) is 3.12. The van der Waals surface area contributed by atoms with E-state index in [9.17, 15) is 13.5 Å². The van der Waals surface area contributed by atoms with E-state index in [1.807, 2.05) is 26.8 Å². The van der Waals surface area contributed by atoms with E-state index in [1.54, 1.807) is 25.1 Å². The average molecular weight is 435 g/mol. The molecular weight excluding hydrogens is 404 g/mol. The van der Waals surface area contributed by atoms with Crippen LogP contribution in [0.2, 0.25) is 0 Å². The van der Waals surface area contributed by atoms with E-state index >= 15 is 0 Å². The number of allylic oxidation sites excluding steroid dienone is 1. The molecule has 1 atom stereocenters. The van der Waals surface area contributed by atoms with Gasteiger partial charge in [-0.05, 0) is 57.7 Å². The number of hydrogen-bond donors (Lipinski definition) is 2. The lowest BCUT2D eigenvalue weighted by atomic mass is 9.93.